The Bertz CT molecular complexity index is 1620. The topological polar surface area (TPSA) is 135 Å². The molecule has 3 N–H and O–H groups in total. The van der Waals surface area contributed by atoms with Gasteiger partial charge in [0.2, 0.25) is 0 Å². The molecule has 0 fully saturated rings. The first-order chi connectivity index (χ1) is 17.8. The number of hydrogen-bond acceptors (Lipinski definition) is 8. The lowest BCUT2D eigenvalue weighted by Gasteiger charge is -2.19. The predicted octanol–water partition coefficient (Wildman–Crippen LogP) is 5.34. The van der Waals surface area contributed by atoms with Gasteiger partial charge in [0, 0.05) is 16.5 Å². The number of carboxylic acids is 1. The molecule has 0 spiro atoms. The molecule has 0 bridgehead atoms. The van der Waals surface area contributed by atoms with Crippen molar-refractivity contribution in [1.29, 1.82) is 0 Å². The smallest absolute Gasteiger partial charge is 0.305 e. The van der Waals surface area contributed by atoms with Gasteiger partial charge >= 0.3 is 5.97 Å². The molecule has 3 heterocycles. The van der Waals surface area contributed by atoms with Gasteiger partial charge in [0.25, 0.3) is 0 Å². The zero-order valence-electron chi connectivity index (χ0n) is 21.2. The Labute approximate surface area is 212 Å². The Balaban J connectivity index is 1.69. The van der Waals surface area contributed by atoms with Crippen LogP contribution in [0.1, 0.15) is 35.3 Å². The van der Waals surface area contributed by atoms with Crippen molar-refractivity contribution in [3.8, 4) is 22.6 Å². The number of nitrogens with one attached hydrogen (secondary N) is 2. The summed E-state index contributed by atoms with van der Waals surface area (Å²) in [5.41, 5.74) is 4.70. The largest absolute Gasteiger partial charge is 0.497 e. The number of aromatic nitrogens is 4. The molecule has 0 aliphatic heterocycles. The summed E-state index contributed by atoms with van der Waals surface area (Å²) < 4.78 is 16.5. The molecule has 0 aliphatic carbocycles. The van der Waals surface area contributed by atoms with Crippen LogP contribution < -0.4 is 14.8 Å². The lowest BCUT2D eigenvalue weighted by Crippen LogP contribution is -2.16. The van der Waals surface area contributed by atoms with Gasteiger partial charge in [-0.25, -0.2) is 9.97 Å². The zero-order valence-corrected chi connectivity index (χ0v) is 21.2. The predicted molar refractivity (Wildman–Crippen MR) is 139 cm³/mol. The van der Waals surface area contributed by atoms with Gasteiger partial charge in [-0.1, -0.05) is 17.3 Å². The van der Waals surface area contributed by atoms with Crippen LogP contribution in [-0.4, -0.2) is 45.4 Å². The number of anilines is 1. The Morgan fingerprint density at radius 3 is 2.62 bits per heavy atom. The summed E-state index contributed by atoms with van der Waals surface area (Å²) in [6, 6.07) is 10.7. The molecule has 10 nitrogen and oxygen atoms in total. The number of aryl methyl sites for hydroxylation is 3. The maximum atomic E-state index is 11.8. The van der Waals surface area contributed by atoms with Crippen molar-refractivity contribution in [2.24, 2.45) is 0 Å². The van der Waals surface area contributed by atoms with Gasteiger partial charge in [0.05, 0.1) is 43.3 Å². The minimum atomic E-state index is -0.938. The molecule has 0 saturated carbocycles. The van der Waals surface area contributed by atoms with Crippen molar-refractivity contribution in [2.45, 2.75) is 33.2 Å². The third-order valence-corrected chi connectivity index (χ3v) is 6.37. The first-order valence-electron chi connectivity index (χ1n) is 11.7. The second-order valence-corrected chi connectivity index (χ2v) is 8.84. The number of rotatable bonds is 8. The molecule has 2 aromatic carbocycles. The average molecular weight is 502 g/mol. The maximum Gasteiger partial charge on any atom is 0.305 e. The van der Waals surface area contributed by atoms with E-state index in [0.29, 0.717) is 34.5 Å². The number of aliphatic carboxylic acids is 1. The SMILES string of the molecule is COc1cccc(C(CC(=O)O)Nc2nc(C)nc3[nH]c4cc(-c5c(C)noc5C)c(OC)cc4c23)c1. The number of carboxylic acid groups (broad SMARTS) is 1. The first kappa shape index (κ1) is 24.1. The van der Waals surface area contributed by atoms with Crippen LogP contribution in [0.4, 0.5) is 5.82 Å². The molecule has 0 amide bonds. The lowest BCUT2D eigenvalue weighted by atomic mass is 10.0. The Morgan fingerprint density at radius 2 is 1.95 bits per heavy atom. The fourth-order valence-electron chi connectivity index (χ4n) is 4.72. The van der Waals surface area contributed by atoms with E-state index < -0.39 is 12.0 Å². The Morgan fingerprint density at radius 1 is 1.14 bits per heavy atom. The summed E-state index contributed by atoms with van der Waals surface area (Å²) in [6.07, 6.45) is -0.153. The van der Waals surface area contributed by atoms with Gasteiger partial charge in [0.1, 0.15) is 34.5 Å². The molecule has 10 heteroatoms. The summed E-state index contributed by atoms with van der Waals surface area (Å²) in [7, 11) is 3.19. The zero-order chi connectivity index (χ0) is 26.3. The van der Waals surface area contributed by atoms with Gasteiger partial charge in [-0.05, 0) is 50.6 Å². The van der Waals surface area contributed by atoms with Crippen LogP contribution in [0.2, 0.25) is 0 Å². The van der Waals surface area contributed by atoms with Crippen LogP contribution in [0, 0.1) is 20.8 Å². The number of aromatic amines is 1. The molecule has 37 heavy (non-hydrogen) atoms. The van der Waals surface area contributed by atoms with E-state index in [1.807, 2.05) is 50.2 Å². The van der Waals surface area contributed by atoms with E-state index in [2.05, 4.69) is 25.4 Å². The third kappa shape index (κ3) is 4.42. The fraction of sp³-hybridized carbons (Fsp3) is 0.259. The number of ether oxygens (including phenoxy) is 2. The minimum Gasteiger partial charge on any atom is -0.497 e. The summed E-state index contributed by atoms with van der Waals surface area (Å²) in [5.74, 6) is 2.10. The van der Waals surface area contributed by atoms with Gasteiger partial charge in [-0.3, -0.25) is 4.79 Å². The number of hydrogen-bond donors (Lipinski definition) is 3. The van der Waals surface area contributed by atoms with Crippen molar-refractivity contribution >= 4 is 33.7 Å². The molecule has 0 radical (unpaired) electrons. The third-order valence-electron chi connectivity index (χ3n) is 6.37. The van der Waals surface area contributed by atoms with Gasteiger partial charge < -0.3 is 29.4 Å². The fourth-order valence-corrected chi connectivity index (χ4v) is 4.72. The number of H-pyrrole nitrogens is 1. The molecule has 1 atom stereocenters. The summed E-state index contributed by atoms with van der Waals surface area (Å²) >= 11 is 0. The molecule has 5 aromatic rings. The molecule has 0 aliphatic rings. The summed E-state index contributed by atoms with van der Waals surface area (Å²) in [4.78, 5) is 24.4. The normalized spacial score (nSPS) is 12.1. The van der Waals surface area contributed by atoms with Gasteiger partial charge in [0.15, 0.2) is 0 Å². The molecule has 1 unspecified atom stereocenters. The van der Waals surface area contributed by atoms with E-state index >= 15 is 0 Å². The highest BCUT2D eigenvalue weighted by atomic mass is 16.5. The van der Waals surface area contributed by atoms with E-state index in [4.69, 9.17) is 14.0 Å². The molecule has 3 aromatic heterocycles. The number of fused-ring (bicyclic) bond motifs is 3. The minimum absolute atomic E-state index is 0.153. The van der Waals surface area contributed by atoms with Crippen molar-refractivity contribution in [3.05, 3.63) is 59.2 Å². The number of carbonyl (C=O) groups is 1. The molecule has 5 rings (SSSR count). The number of methoxy groups -OCH3 is 2. The monoisotopic (exact) mass is 501 g/mol. The van der Waals surface area contributed by atoms with Gasteiger partial charge in [-0.2, -0.15) is 0 Å². The standard InChI is InChI=1S/C27H27N5O5/c1-13-24(14(2)37-32-13)19-10-21-18(11-22(19)36-5)25-26(28-15(3)29-27(25)31-21)30-20(12-23(33)34)16-7-6-8-17(9-16)35-4/h6-11,20H,12H2,1-5H3,(H,33,34)(H2,28,29,30,31). The van der Waals surface area contributed by atoms with Crippen LogP contribution in [-0.2, 0) is 4.79 Å². The quantitative estimate of drug-likeness (QED) is 0.257. The van der Waals surface area contributed by atoms with E-state index in [1.165, 1.54) is 0 Å². The molecular formula is C27H27N5O5. The van der Waals surface area contributed by atoms with E-state index in [1.54, 1.807) is 21.1 Å². The lowest BCUT2D eigenvalue weighted by molar-refractivity contribution is -0.137. The second-order valence-electron chi connectivity index (χ2n) is 8.84. The number of benzene rings is 2. The van der Waals surface area contributed by atoms with Crippen LogP contribution in [0.15, 0.2) is 40.9 Å². The van der Waals surface area contributed by atoms with E-state index in [0.717, 1.165) is 38.7 Å². The van der Waals surface area contributed by atoms with Crippen LogP contribution >= 0.6 is 0 Å². The van der Waals surface area contributed by atoms with Crippen LogP contribution in [0.5, 0.6) is 11.5 Å². The highest BCUT2D eigenvalue weighted by molar-refractivity contribution is 6.13. The molecule has 190 valence electrons. The van der Waals surface area contributed by atoms with Crippen molar-refractivity contribution in [1.82, 2.24) is 20.1 Å². The summed E-state index contributed by atoms with van der Waals surface area (Å²) in [6.45, 7) is 5.55. The highest BCUT2D eigenvalue weighted by Crippen LogP contribution is 2.41. The van der Waals surface area contributed by atoms with Gasteiger partial charge in [-0.15, -0.1) is 0 Å². The first-order valence-corrected chi connectivity index (χ1v) is 11.7. The maximum absolute atomic E-state index is 11.8. The van der Waals surface area contributed by atoms with Crippen molar-refractivity contribution in [2.75, 3.05) is 19.5 Å². The van der Waals surface area contributed by atoms with Crippen LogP contribution in [0.25, 0.3) is 33.1 Å². The highest BCUT2D eigenvalue weighted by Gasteiger charge is 2.23. The van der Waals surface area contributed by atoms with Crippen molar-refractivity contribution in [3.63, 3.8) is 0 Å². The molecular weight excluding hydrogens is 474 g/mol. The average Bonchev–Trinajstić information content (AvgIpc) is 3.40. The molecule has 0 saturated heterocycles. The Hall–Kier alpha value is -4.60. The van der Waals surface area contributed by atoms with E-state index in [-0.39, 0.29) is 6.42 Å². The Kier molecular flexibility index (Phi) is 6.16. The van der Waals surface area contributed by atoms with Crippen molar-refractivity contribution < 1.29 is 23.9 Å². The van der Waals surface area contributed by atoms with E-state index in [9.17, 15) is 9.90 Å². The number of nitrogens with zero attached hydrogens (tertiary/aromatic N) is 3. The van der Waals surface area contributed by atoms with Crippen LogP contribution in [0.3, 0.4) is 0 Å². The summed E-state index contributed by atoms with van der Waals surface area (Å²) in [5, 5.41) is 18.7. The second kappa shape index (κ2) is 9.45.